The van der Waals surface area contributed by atoms with Gasteiger partial charge in [-0.05, 0) is 115 Å². The van der Waals surface area contributed by atoms with Crippen LogP contribution in [0.4, 0.5) is 39.4 Å². The zero-order valence-electron chi connectivity index (χ0n) is 23.4. The number of alkyl halides is 4. The molecule has 0 aliphatic rings. The van der Waals surface area contributed by atoms with Crippen LogP contribution in [0, 0.1) is 23.3 Å². The number of ketones is 1. The van der Waals surface area contributed by atoms with Gasteiger partial charge in [0, 0.05) is 29.8 Å². The molecule has 0 fully saturated rings. The van der Waals surface area contributed by atoms with Gasteiger partial charge in [-0.3, -0.25) is 14.8 Å². The molecule has 4 aromatic rings. The number of esters is 1. The summed E-state index contributed by atoms with van der Waals surface area (Å²) in [6.07, 6.45) is 2.28. The largest absolute Gasteiger partial charge is 0.461 e. The summed E-state index contributed by atoms with van der Waals surface area (Å²) in [5.41, 5.74) is -2.47. The summed E-state index contributed by atoms with van der Waals surface area (Å²) >= 11 is 8.90. The van der Waals surface area contributed by atoms with Crippen LogP contribution < -0.4 is 0 Å². The maximum Gasteiger partial charge on any atom is 0.384 e. The molecule has 2 heterocycles. The second kappa shape index (κ2) is 21.7. The standard InChI is InChI=1S/C13H6BrF4NO.C9H8BrF2NO2.C6H3BrF2.CH4.BF.B/c14-7-1-4-11(19-6-7)13(17,18)12(20)9-5-8(15)2-3-10(9)16;1-2-15-8(14)9(11,12)7-4-3-6(10)5-13-7;7-5-3-4(8)1-2-6(5)9;;1-2;/h1-6H;3-5H,2H2,1H3;1-3H;1H4;;. The van der Waals surface area contributed by atoms with Crippen molar-refractivity contribution in [2.45, 2.75) is 26.2 Å². The van der Waals surface area contributed by atoms with Crippen molar-refractivity contribution in [2.24, 2.45) is 0 Å². The Hall–Kier alpha value is -3.18. The molecule has 0 aliphatic carbocycles. The number of carbonyl (C=O) groups is 2. The van der Waals surface area contributed by atoms with E-state index in [4.69, 9.17) is 4.32 Å². The molecule has 0 amide bonds. The average molecular weight is 878 g/mol. The summed E-state index contributed by atoms with van der Waals surface area (Å²) in [7, 11) is 3.00. The van der Waals surface area contributed by atoms with Crippen molar-refractivity contribution in [1.82, 2.24) is 9.97 Å². The Bertz CT molecular complexity index is 1610. The highest BCUT2D eigenvalue weighted by molar-refractivity contribution is 9.11. The van der Waals surface area contributed by atoms with Crippen molar-refractivity contribution in [1.29, 1.82) is 0 Å². The van der Waals surface area contributed by atoms with E-state index in [1.165, 1.54) is 25.3 Å². The van der Waals surface area contributed by atoms with E-state index in [9.17, 15) is 44.7 Å². The molecular formula is C29H21B2Br3F9N2O3. The van der Waals surface area contributed by atoms with Crippen LogP contribution in [-0.2, 0) is 21.4 Å². The normalized spacial score (nSPS) is 10.2. The first-order valence-electron chi connectivity index (χ1n) is 12.0. The lowest BCUT2D eigenvalue weighted by molar-refractivity contribution is -0.173. The zero-order chi connectivity index (χ0) is 35.2. The van der Waals surface area contributed by atoms with Gasteiger partial charge in [0.15, 0.2) is 0 Å². The predicted molar refractivity (Wildman–Crippen MR) is 172 cm³/mol. The maximum atomic E-state index is 14.0. The Morgan fingerprint density at radius 1 is 0.729 bits per heavy atom. The van der Waals surface area contributed by atoms with E-state index in [-0.39, 0.29) is 26.9 Å². The first-order chi connectivity index (χ1) is 21.5. The summed E-state index contributed by atoms with van der Waals surface area (Å²) in [4.78, 5) is 29.5. The van der Waals surface area contributed by atoms with Crippen molar-refractivity contribution in [3.8, 4) is 0 Å². The number of halogens is 12. The van der Waals surface area contributed by atoms with Crippen molar-refractivity contribution >= 4 is 76.1 Å². The number of hydrogen-bond donors (Lipinski definition) is 0. The Morgan fingerprint density at radius 2 is 1.17 bits per heavy atom. The molecule has 2 aromatic carbocycles. The number of benzene rings is 2. The summed E-state index contributed by atoms with van der Waals surface area (Å²) < 4.78 is 120. The highest BCUT2D eigenvalue weighted by Gasteiger charge is 2.45. The summed E-state index contributed by atoms with van der Waals surface area (Å²) in [5.74, 6) is -14.3. The van der Waals surface area contributed by atoms with Crippen LogP contribution in [0.15, 0.2) is 86.5 Å². The lowest BCUT2D eigenvalue weighted by Crippen LogP contribution is -2.29. The van der Waals surface area contributed by atoms with E-state index in [0.717, 1.165) is 42.6 Å². The molecule has 5 nitrogen and oxygen atoms in total. The van der Waals surface area contributed by atoms with Crippen molar-refractivity contribution in [3.63, 3.8) is 0 Å². The molecule has 0 saturated heterocycles. The third-order valence-electron chi connectivity index (χ3n) is 4.97. The molecule has 0 unspecified atom stereocenters. The molecular weight excluding hydrogens is 857 g/mol. The molecule has 4 rings (SSSR count). The SMILES string of the molecule is C.CCOC(=O)C(F)(F)c1ccc(Br)cn1.Fc1ccc(F)c(Br)c1.O=C(c1cc(F)ccc1F)C(F)(F)c1ccc(Br)cn1.[B].[B]F. The number of Topliss-reactive ketones (excluding diaryl/α,β-unsaturated/α-hetero) is 1. The smallest absolute Gasteiger partial charge is 0.384 e. The highest BCUT2D eigenvalue weighted by Crippen LogP contribution is 2.32. The molecule has 255 valence electrons. The first kappa shape index (κ1) is 46.9. The first-order valence-corrected chi connectivity index (χ1v) is 14.4. The Labute approximate surface area is 298 Å². The Morgan fingerprint density at radius 3 is 1.56 bits per heavy atom. The molecule has 0 aliphatic heterocycles. The second-order valence-corrected chi connectivity index (χ2v) is 10.8. The fraction of sp³-hybridized carbons (Fsp3) is 0.172. The molecule has 0 atom stereocenters. The summed E-state index contributed by atoms with van der Waals surface area (Å²) in [6.45, 7) is 1.37. The van der Waals surface area contributed by atoms with Gasteiger partial charge in [0.1, 0.15) is 34.7 Å². The topological polar surface area (TPSA) is 69.2 Å². The van der Waals surface area contributed by atoms with Gasteiger partial charge in [-0.1, -0.05) is 7.43 Å². The van der Waals surface area contributed by atoms with E-state index in [1.807, 2.05) is 0 Å². The van der Waals surface area contributed by atoms with Crippen LogP contribution in [0.2, 0.25) is 0 Å². The minimum atomic E-state index is -4.05. The van der Waals surface area contributed by atoms with Gasteiger partial charge in [-0.25, -0.2) is 22.4 Å². The van der Waals surface area contributed by atoms with Crippen LogP contribution in [0.3, 0.4) is 0 Å². The number of ether oxygens (including phenoxy) is 1. The monoisotopic (exact) mass is 875 g/mol. The molecule has 0 bridgehead atoms. The number of carbonyl (C=O) groups excluding carboxylic acids is 2. The number of aromatic nitrogens is 2. The van der Waals surface area contributed by atoms with Gasteiger partial charge >= 0.3 is 25.9 Å². The van der Waals surface area contributed by atoms with Gasteiger partial charge in [0.05, 0.1) is 16.6 Å². The van der Waals surface area contributed by atoms with Gasteiger partial charge in [0.2, 0.25) is 5.78 Å². The fourth-order valence-electron chi connectivity index (χ4n) is 2.88. The number of pyridine rings is 2. The van der Waals surface area contributed by atoms with Crippen LogP contribution in [-0.4, -0.2) is 44.9 Å². The van der Waals surface area contributed by atoms with Crippen LogP contribution in [0.25, 0.3) is 0 Å². The minimum Gasteiger partial charge on any atom is -0.461 e. The van der Waals surface area contributed by atoms with Gasteiger partial charge < -0.3 is 9.05 Å². The van der Waals surface area contributed by atoms with Crippen molar-refractivity contribution in [2.75, 3.05) is 6.61 Å². The van der Waals surface area contributed by atoms with Gasteiger partial charge in [-0.2, -0.15) is 17.6 Å². The summed E-state index contributed by atoms with van der Waals surface area (Å²) in [5, 5.41) is 0. The number of hydrogen-bond acceptors (Lipinski definition) is 5. The van der Waals surface area contributed by atoms with Crippen molar-refractivity contribution in [3.05, 3.63) is 127 Å². The fourth-order valence-corrected chi connectivity index (χ4v) is 3.70. The van der Waals surface area contributed by atoms with E-state index in [0.29, 0.717) is 21.1 Å². The lowest BCUT2D eigenvalue weighted by Gasteiger charge is -2.14. The third-order valence-corrected chi connectivity index (χ3v) is 6.52. The van der Waals surface area contributed by atoms with Crippen LogP contribution >= 0.6 is 47.8 Å². The number of rotatable bonds is 6. The molecule has 2 aromatic heterocycles. The second-order valence-electron chi connectivity index (χ2n) is 8.10. The lowest BCUT2D eigenvalue weighted by atomic mass is 10.0. The Balaban J connectivity index is 0. The molecule has 48 heavy (non-hydrogen) atoms. The van der Waals surface area contributed by atoms with Gasteiger partial charge in [0.25, 0.3) is 0 Å². The van der Waals surface area contributed by atoms with E-state index >= 15 is 0 Å². The summed E-state index contributed by atoms with van der Waals surface area (Å²) in [6, 6.07) is 9.66. The molecule has 5 radical (unpaired) electrons. The van der Waals surface area contributed by atoms with E-state index in [1.54, 1.807) is 0 Å². The molecule has 0 spiro atoms. The highest BCUT2D eigenvalue weighted by atomic mass is 79.9. The van der Waals surface area contributed by atoms with E-state index < -0.39 is 63.8 Å². The molecule has 0 N–H and O–H groups in total. The third kappa shape index (κ3) is 13.7. The molecule has 19 heteroatoms. The predicted octanol–water partition coefficient (Wildman–Crippen LogP) is 9.62. The van der Waals surface area contributed by atoms with E-state index in [2.05, 4.69) is 70.6 Å². The maximum absolute atomic E-state index is 14.0. The average Bonchev–Trinajstić information content (AvgIpc) is 3.02. The number of nitrogens with zero attached hydrogens (tertiary/aromatic N) is 2. The molecule has 0 saturated carbocycles. The zero-order valence-corrected chi connectivity index (χ0v) is 28.2. The van der Waals surface area contributed by atoms with Crippen molar-refractivity contribution < 1.29 is 53.8 Å². The van der Waals surface area contributed by atoms with Crippen LogP contribution in [0.1, 0.15) is 36.1 Å². The minimum absolute atomic E-state index is 0. The Kier molecular flexibility index (Phi) is 21.2. The van der Waals surface area contributed by atoms with Gasteiger partial charge in [-0.15, -0.1) is 0 Å². The quantitative estimate of drug-likeness (QED) is 0.0635. The van der Waals surface area contributed by atoms with Crippen LogP contribution in [0.5, 0.6) is 0 Å².